The fraction of sp³-hybridized carbons (Fsp3) is 0.474. The highest BCUT2D eigenvalue weighted by Gasteiger charge is 2.23. The minimum Gasteiger partial charge on any atom is -0.342 e. The molecule has 0 spiro atoms. The first-order chi connectivity index (χ1) is 13.3. The molecule has 0 bridgehead atoms. The maximum atomic E-state index is 12.6. The van der Waals surface area contributed by atoms with Crippen molar-refractivity contribution in [1.82, 2.24) is 30.3 Å². The molecule has 0 atom stereocenters. The Balaban J connectivity index is 0.00000120. The summed E-state index contributed by atoms with van der Waals surface area (Å²) in [5.41, 5.74) is 2.96. The predicted molar refractivity (Wildman–Crippen MR) is 116 cm³/mol. The van der Waals surface area contributed by atoms with E-state index in [-0.39, 0.29) is 30.7 Å². The van der Waals surface area contributed by atoms with Gasteiger partial charge in [-0.2, -0.15) is 0 Å². The molecule has 1 aliphatic heterocycles. The number of anilines is 1. The second-order valence-electron chi connectivity index (χ2n) is 7.50. The van der Waals surface area contributed by atoms with Crippen LogP contribution in [0.3, 0.4) is 0 Å². The molecule has 1 aromatic carbocycles. The van der Waals surface area contributed by atoms with Crippen LogP contribution in [0.25, 0.3) is 11.0 Å². The van der Waals surface area contributed by atoms with E-state index in [1.807, 2.05) is 22.9 Å². The molecule has 2 fully saturated rings. The molecular formula is C19H25Cl2N7O. The Bertz CT molecular complexity index is 976. The number of benzene rings is 1. The van der Waals surface area contributed by atoms with Gasteiger partial charge in [-0.1, -0.05) is 11.6 Å². The number of imidazole rings is 1. The lowest BCUT2D eigenvalue weighted by molar-refractivity contribution is 0.102. The maximum Gasteiger partial charge on any atom is 0.277 e. The minimum atomic E-state index is -0.242. The Morgan fingerprint density at radius 2 is 1.93 bits per heavy atom. The summed E-state index contributed by atoms with van der Waals surface area (Å²) in [5, 5.41) is 14.5. The largest absolute Gasteiger partial charge is 0.342 e. The lowest BCUT2D eigenvalue weighted by atomic mass is 9.85. The number of carbonyl (C=O) groups is 1. The summed E-state index contributed by atoms with van der Waals surface area (Å²) in [6, 6.07) is 6.06. The van der Waals surface area contributed by atoms with Gasteiger partial charge in [-0.05, 0) is 57.0 Å². The summed E-state index contributed by atoms with van der Waals surface area (Å²) in [6.45, 7) is 1.94. The quantitative estimate of drug-likeness (QED) is 0.580. The molecule has 2 aliphatic rings. The van der Waals surface area contributed by atoms with E-state index in [1.54, 1.807) is 6.20 Å². The van der Waals surface area contributed by atoms with Crippen LogP contribution in [0.1, 0.15) is 60.4 Å². The molecule has 0 radical (unpaired) electrons. The van der Waals surface area contributed by atoms with Crippen molar-refractivity contribution >= 4 is 47.4 Å². The van der Waals surface area contributed by atoms with Crippen molar-refractivity contribution in [1.29, 1.82) is 0 Å². The van der Waals surface area contributed by atoms with Crippen molar-refractivity contribution in [2.24, 2.45) is 0 Å². The van der Waals surface area contributed by atoms with Gasteiger partial charge in [0.2, 0.25) is 0 Å². The smallest absolute Gasteiger partial charge is 0.277 e. The monoisotopic (exact) mass is 437 g/mol. The predicted octanol–water partition coefficient (Wildman–Crippen LogP) is 3.44. The number of nitrogens with one attached hydrogen (secondary N) is 3. The maximum absolute atomic E-state index is 12.6. The Morgan fingerprint density at radius 1 is 1.14 bits per heavy atom. The van der Waals surface area contributed by atoms with Crippen LogP contribution in [-0.2, 0) is 0 Å². The number of halogens is 2. The van der Waals surface area contributed by atoms with Gasteiger partial charge in [-0.25, -0.2) is 9.67 Å². The first kappa shape index (κ1) is 21.5. The molecule has 3 N–H and O–H groups in total. The van der Waals surface area contributed by atoms with E-state index in [4.69, 9.17) is 0 Å². The molecule has 8 nitrogen and oxygen atoms in total. The lowest BCUT2D eigenvalue weighted by Crippen LogP contribution is -2.29. The summed E-state index contributed by atoms with van der Waals surface area (Å²) < 4.78 is 1.82. The van der Waals surface area contributed by atoms with Gasteiger partial charge >= 0.3 is 0 Å². The third kappa shape index (κ3) is 4.39. The molecule has 0 unspecified atom stereocenters. The van der Waals surface area contributed by atoms with E-state index in [1.165, 1.54) is 19.3 Å². The van der Waals surface area contributed by atoms with Crippen LogP contribution in [0, 0.1) is 0 Å². The number of aromatic amines is 1. The average Bonchev–Trinajstić information content (AvgIpc) is 3.27. The number of fused-ring (bicyclic) bond motifs is 1. The van der Waals surface area contributed by atoms with Crippen LogP contribution in [0.15, 0.2) is 24.4 Å². The number of amides is 1. The van der Waals surface area contributed by atoms with Gasteiger partial charge in [0.1, 0.15) is 5.82 Å². The number of nitrogens with zero attached hydrogens (tertiary/aromatic N) is 4. The van der Waals surface area contributed by atoms with Gasteiger partial charge in [0.25, 0.3) is 5.91 Å². The third-order valence-electron chi connectivity index (χ3n) is 5.68. The van der Waals surface area contributed by atoms with E-state index in [0.717, 1.165) is 48.5 Å². The molecule has 2 aromatic heterocycles. The van der Waals surface area contributed by atoms with E-state index < -0.39 is 0 Å². The normalized spacial score (nSPS) is 17.2. The Kier molecular flexibility index (Phi) is 6.77. The van der Waals surface area contributed by atoms with Crippen LogP contribution in [-0.4, -0.2) is 44.0 Å². The van der Waals surface area contributed by atoms with Crippen LogP contribution in [0.5, 0.6) is 0 Å². The van der Waals surface area contributed by atoms with Crippen LogP contribution in [0.4, 0.5) is 5.69 Å². The molecule has 10 heteroatoms. The lowest BCUT2D eigenvalue weighted by Gasteiger charge is -2.22. The summed E-state index contributed by atoms with van der Waals surface area (Å²) in [7, 11) is 0. The molecule has 3 aromatic rings. The topological polar surface area (TPSA) is 101 Å². The van der Waals surface area contributed by atoms with Crippen LogP contribution < -0.4 is 10.6 Å². The number of hydrogen-bond acceptors (Lipinski definition) is 5. The Hall–Kier alpha value is -2.16. The van der Waals surface area contributed by atoms with E-state index in [0.29, 0.717) is 17.7 Å². The molecule has 156 valence electrons. The number of hydrogen-bond donors (Lipinski definition) is 3. The first-order valence-corrected chi connectivity index (χ1v) is 9.70. The van der Waals surface area contributed by atoms with Gasteiger partial charge in [0.15, 0.2) is 5.69 Å². The van der Waals surface area contributed by atoms with Crippen molar-refractivity contribution in [3.05, 3.63) is 35.9 Å². The number of rotatable bonds is 4. The molecule has 1 aliphatic carbocycles. The van der Waals surface area contributed by atoms with Gasteiger partial charge in [-0.3, -0.25) is 4.79 Å². The van der Waals surface area contributed by atoms with Crippen LogP contribution in [0.2, 0.25) is 0 Å². The van der Waals surface area contributed by atoms with Gasteiger partial charge in [0, 0.05) is 11.6 Å². The van der Waals surface area contributed by atoms with E-state index in [2.05, 4.69) is 30.9 Å². The number of piperidine rings is 1. The highest BCUT2D eigenvalue weighted by molar-refractivity contribution is 6.03. The molecule has 3 heterocycles. The second-order valence-corrected chi connectivity index (χ2v) is 7.50. The number of carbonyl (C=O) groups excluding carboxylic acids is 1. The summed E-state index contributed by atoms with van der Waals surface area (Å²) in [6.07, 6.45) is 7.44. The second kappa shape index (κ2) is 9.11. The number of aromatic nitrogens is 5. The first-order valence-electron chi connectivity index (χ1n) is 9.70. The molecule has 1 amide bonds. The minimum absolute atomic E-state index is 0. The summed E-state index contributed by atoms with van der Waals surface area (Å²) in [4.78, 5) is 20.6. The molecule has 29 heavy (non-hydrogen) atoms. The van der Waals surface area contributed by atoms with Gasteiger partial charge < -0.3 is 15.6 Å². The average molecular weight is 438 g/mol. The highest BCUT2D eigenvalue weighted by Crippen LogP contribution is 2.35. The highest BCUT2D eigenvalue weighted by atomic mass is 35.5. The molecule has 1 saturated heterocycles. The fourth-order valence-corrected chi connectivity index (χ4v) is 3.81. The molecular weight excluding hydrogens is 413 g/mol. The molecule has 5 rings (SSSR count). The summed E-state index contributed by atoms with van der Waals surface area (Å²) >= 11 is 0. The number of H-pyrrole nitrogens is 1. The van der Waals surface area contributed by atoms with E-state index >= 15 is 0 Å². The third-order valence-corrected chi connectivity index (χ3v) is 5.68. The zero-order valence-electron chi connectivity index (χ0n) is 15.9. The van der Waals surface area contributed by atoms with Crippen molar-refractivity contribution < 1.29 is 4.79 Å². The van der Waals surface area contributed by atoms with Crippen molar-refractivity contribution in [3.8, 4) is 0 Å². The van der Waals surface area contributed by atoms with Crippen molar-refractivity contribution in [2.45, 2.75) is 44.1 Å². The zero-order valence-corrected chi connectivity index (χ0v) is 17.6. The Morgan fingerprint density at radius 3 is 2.66 bits per heavy atom. The SMILES string of the molecule is Cl.Cl.O=C(Nc1ccc2nc(C3CCC3)[nH]c2c1)c1cn(C2CCNCC2)nn1. The van der Waals surface area contributed by atoms with Crippen molar-refractivity contribution in [2.75, 3.05) is 18.4 Å². The van der Waals surface area contributed by atoms with Gasteiger partial charge in [0.05, 0.1) is 23.3 Å². The molecule has 1 saturated carbocycles. The standard InChI is InChI=1S/C19H23N7O.2ClH/c27-19(17-11-26(25-24-17)14-6-8-20-9-7-14)21-13-4-5-15-16(10-13)23-18(22-15)12-2-1-3-12;;/h4-5,10-12,14,20H,1-3,6-9H2,(H,21,27)(H,22,23);2*1H. The van der Waals surface area contributed by atoms with Crippen molar-refractivity contribution in [3.63, 3.8) is 0 Å². The zero-order chi connectivity index (χ0) is 18.2. The van der Waals surface area contributed by atoms with Crippen LogP contribution >= 0.6 is 24.8 Å². The van der Waals surface area contributed by atoms with Gasteiger partial charge in [-0.15, -0.1) is 29.9 Å². The Labute approximate surface area is 181 Å². The fourth-order valence-electron chi connectivity index (χ4n) is 3.81. The summed E-state index contributed by atoms with van der Waals surface area (Å²) in [5.74, 6) is 1.37. The van der Waals surface area contributed by atoms with E-state index in [9.17, 15) is 4.79 Å².